The highest BCUT2D eigenvalue weighted by Gasteiger charge is 2.28. The molecule has 2 amide bonds. The van der Waals surface area contributed by atoms with Gasteiger partial charge in [-0.1, -0.05) is 38.1 Å². The molecular weight excluding hydrogens is 636 g/mol. The topological polar surface area (TPSA) is 180 Å². The number of carbonyl (C=O) groups excluding carboxylic acids is 2. The number of amides is 2. The van der Waals surface area contributed by atoms with Crippen LogP contribution in [0.4, 0.5) is 11.4 Å². The quantitative estimate of drug-likeness (QED) is 0.0783. The van der Waals surface area contributed by atoms with Crippen LogP contribution in [0.5, 0.6) is 34.5 Å². The molecule has 0 aliphatic carbocycles. The zero-order chi connectivity index (χ0) is 36.0. The fraction of sp³-hybridized carbons (Fsp3) is 0.150. The van der Waals surface area contributed by atoms with Crippen LogP contribution in [0.25, 0.3) is 32.7 Å². The highest BCUT2D eigenvalue weighted by Crippen LogP contribution is 2.51. The number of aromatic hydroxyl groups is 6. The first-order valence-corrected chi connectivity index (χ1v) is 16.1. The molecule has 8 N–H and O–H groups in total. The minimum atomic E-state index is -0.713. The van der Waals surface area contributed by atoms with Crippen LogP contribution >= 0.6 is 0 Å². The Morgan fingerprint density at radius 1 is 0.520 bits per heavy atom. The van der Waals surface area contributed by atoms with Crippen molar-refractivity contribution in [2.45, 2.75) is 40.5 Å². The molecule has 6 aromatic carbocycles. The second-order valence-electron chi connectivity index (χ2n) is 12.3. The summed E-state index contributed by atoms with van der Waals surface area (Å²) in [7, 11) is 0. The van der Waals surface area contributed by atoms with Crippen molar-refractivity contribution < 1.29 is 40.2 Å². The predicted octanol–water partition coefficient (Wildman–Crippen LogP) is 8.14. The molecule has 10 heteroatoms. The minimum Gasteiger partial charge on any atom is -0.507 e. The van der Waals surface area contributed by atoms with Crippen molar-refractivity contribution in [3.8, 4) is 45.6 Å². The summed E-state index contributed by atoms with van der Waals surface area (Å²) in [5.74, 6) is -4.84. The lowest BCUT2D eigenvalue weighted by atomic mass is 9.87. The summed E-state index contributed by atoms with van der Waals surface area (Å²) in [6.07, 6.45) is 1.48. The first-order valence-electron chi connectivity index (χ1n) is 16.1. The molecule has 0 saturated heterocycles. The van der Waals surface area contributed by atoms with Gasteiger partial charge in [0.1, 0.15) is 11.5 Å². The van der Waals surface area contributed by atoms with Crippen LogP contribution in [0.3, 0.4) is 0 Å². The van der Waals surface area contributed by atoms with E-state index in [1.165, 1.54) is 0 Å². The Bertz CT molecular complexity index is 2210. The monoisotopic (exact) mass is 672 g/mol. The third kappa shape index (κ3) is 5.70. The number of aryl methyl sites for hydroxylation is 4. The normalized spacial score (nSPS) is 11.2. The number of carbonyl (C=O) groups is 2. The first-order chi connectivity index (χ1) is 23.8. The smallest absolute Gasteiger partial charge is 0.260 e. The van der Waals surface area contributed by atoms with Crippen molar-refractivity contribution in [1.29, 1.82) is 0 Å². The number of fused-ring (bicyclic) bond motifs is 2. The van der Waals surface area contributed by atoms with E-state index in [0.29, 0.717) is 22.5 Å². The summed E-state index contributed by atoms with van der Waals surface area (Å²) in [5, 5.41) is 72.4. The number of phenolic OH excluding ortho intramolecular Hbond substituents is 6. The SMILES string of the molecule is CCc1cccc(NC(=O)c2c(O)c(O)cc3c(O)c(-c4c(C)cc5c(C(=O)Nc6cccc(CC)c6)c(O)c(O)cc5c4O)c(C)cc23)c1. The van der Waals surface area contributed by atoms with Gasteiger partial charge in [0.25, 0.3) is 11.8 Å². The van der Waals surface area contributed by atoms with Crippen molar-refractivity contribution in [2.75, 3.05) is 10.6 Å². The number of rotatable bonds is 7. The maximum atomic E-state index is 13.5. The van der Waals surface area contributed by atoms with Crippen molar-refractivity contribution in [3.05, 3.63) is 106 Å². The maximum absolute atomic E-state index is 13.5. The average Bonchev–Trinajstić information content (AvgIpc) is 3.08. The van der Waals surface area contributed by atoms with E-state index < -0.39 is 46.3 Å². The van der Waals surface area contributed by atoms with Gasteiger partial charge in [-0.15, -0.1) is 0 Å². The van der Waals surface area contributed by atoms with Crippen LogP contribution in [0, 0.1) is 13.8 Å². The van der Waals surface area contributed by atoms with Gasteiger partial charge in [-0.25, -0.2) is 0 Å². The molecule has 50 heavy (non-hydrogen) atoms. The van der Waals surface area contributed by atoms with Crippen molar-refractivity contribution in [1.82, 2.24) is 0 Å². The zero-order valence-corrected chi connectivity index (χ0v) is 27.8. The van der Waals surface area contributed by atoms with Gasteiger partial charge in [-0.3, -0.25) is 9.59 Å². The summed E-state index contributed by atoms with van der Waals surface area (Å²) in [4.78, 5) is 27.1. The van der Waals surface area contributed by atoms with Crippen molar-refractivity contribution >= 4 is 44.7 Å². The summed E-state index contributed by atoms with van der Waals surface area (Å²) < 4.78 is 0. The summed E-state index contributed by atoms with van der Waals surface area (Å²) >= 11 is 0. The number of anilines is 2. The molecule has 0 bridgehead atoms. The van der Waals surface area contributed by atoms with Crippen LogP contribution < -0.4 is 10.6 Å². The molecule has 0 saturated carbocycles. The summed E-state index contributed by atoms with van der Waals surface area (Å²) in [6.45, 7) is 7.24. The Balaban J connectivity index is 1.51. The molecule has 0 heterocycles. The van der Waals surface area contributed by atoms with Crippen LogP contribution in [0.15, 0.2) is 72.8 Å². The van der Waals surface area contributed by atoms with Gasteiger partial charge in [-0.2, -0.15) is 0 Å². The minimum absolute atomic E-state index is 0.0233. The zero-order valence-electron chi connectivity index (χ0n) is 27.8. The molecule has 0 aromatic heterocycles. The summed E-state index contributed by atoms with van der Waals surface area (Å²) in [6, 6.07) is 19.8. The van der Waals surface area contributed by atoms with E-state index >= 15 is 0 Å². The molecule has 0 spiro atoms. The molecule has 254 valence electrons. The molecule has 0 radical (unpaired) electrons. The standard InChI is InChI=1S/C40H36N2O8/c1-5-21-9-7-11-23(15-21)41-39(49)33-25-13-19(3)31(35(45)27(25)17-29(43)37(33)47)32-20(4)14-26-28(36(32)46)18-30(44)38(48)34(26)40(50)42-24-12-8-10-22(6-2)16-24/h7-18,43-48H,5-6H2,1-4H3,(H,41,49)(H,42,50). The fourth-order valence-electron chi connectivity index (χ4n) is 6.47. The van der Waals surface area contributed by atoms with E-state index in [-0.39, 0.29) is 43.8 Å². The van der Waals surface area contributed by atoms with E-state index in [1.807, 2.05) is 26.0 Å². The lowest BCUT2D eigenvalue weighted by Crippen LogP contribution is -2.13. The molecule has 0 atom stereocenters. The molecule has 0 aliphatic rings. The second-order valence-corrected chi connectivity index (χ2v) is 12.3. The number of hydrogen-bond donors (Lipinski definition) is 8. The third-order valence-electron chi connectivity index (χ3n) is 9.02. The largest absolute Gasteiger partial charge is 0.507 e. The van der Waals surface area contributed by atoms with E-state index in [2.05, 4.69) is 10.6 Å². The maximum Gasteiger partial charge on any atom is 0.260 e. The Labute approximate surface area is 287 Å². The molecule has 0 unspecified atom stereocenters. The van der Waals surface area contributed by atoms with Gasteiger partial charge in [0.15, 0.2) is 23.0 Å². The molecule has 0 aliphatic heterocycles. The molecule has 10 nitrogen and oxygen atoms in total. The Morgan fingerprint density at radius 3 is 1.26 bits per heavy atom. The van der Waals surface area contributed by atoms with Crippen molar-refractivity contribution in [3.63, 3.8) is 0 Å². The van der Waals surface area contributed by atoms with E-state index in [1.54, 1.807) is 62.4 Å². The van der Waals surface area contributed by atoms with E-state index in [0.717, 1.165) is 36.1 Å². The molecule has 0 fully saturated rings. The van der Waals surface area contributed by atoms with Gasteiger partial charge in [-0.05, 0) is 97.5 Å². The lowest BCUT2D eigenvalue weighted by molar-refractivity contribution is 0.101. The van der Waals surface area contributed by atoms with E-state index in [9.17, 15) is 40.2 Å². The van der Waals surface area contributed by atoms with Gasteiger partial charge in [0.2, 0.25) is 0 Å². The van der Waals surface area contributed by atoms with Gasteiger partial charge in [0.05, 0.1) is 11.1 Å². The van der Waals surface area contributed by atoms with Crippen molar-refractivity contribution in [2.24, 2.45) is 0 Å². The number of phenols is 6. The van der Waals surface area contributed by atoms with Crippen LogP contribution in [-0.2, 0) is 12.8 Å². The van der Waals surface area contributed by atoms with Gasteiger partial charge < -0.3 is 41.3 Å². The third-order valence-corrected chi connectivity index (χ3v) is 9.02. The Kier molecular flexibility index (Phi) is 8.63. The highest BCUT2D eigenvalue weighted by atomic mass is 16.3. The Hall–Kier alpha value is -6.42. The molecule has 6 rings (SSSR count). The second kappa shape index (κ2) is 12.9. The van der Waals surface area contributed by atoms with Crippen LogP contribution in [0.2, 0.25) is 0 Å². The van der Waals surface area contributed by atoms with Gasteiger partial charge in [0, 0.05) is 44.0 Å². The number of hydrogen-bond acceptors (Lipinski definition) is 8. The molecule has 6 aromatic rings. The van der Waals surface area contributed by atoms with Crippen LogP contribution in [-0.4, -0.2) is 42.5 Å². The first kappa shape index (κ1) is 33.5. The Morgan fingerprint density at radius 2 is 0.900 bits per heavy atom. The lowest BCUT2D eigenvalue weighted by Gasteiger charge is -2.20. The number of benzene rings is 6. The highest BCUT2D eigenvalue weighted by molar-refractivity contribution is 6.19. The summed E-state index contributed by atoms with van der Waals surface area (Å²) in [5.41, 5.74) is 3.51. The average molecular weight is 673 g/mol. The predicted molar refractivity (Wildman–Crippen MR) is 194 cm³/mol. The van der Waals surface area contributed by atoms with Crippen LogP contribution in [0.1, 0.15) is 56.8 Å². The fourth-order valence-corrected chi connectivity index (χ4v) is 6.47. The molecular formula is C40H36N2O8. The number of nitrogens with one attached hydrogen (secondary N) is 2. The van der Waals surface area contributed by atoms with Gasteiger partial charge >= 0.3 is 0 Å². The van der Waals surface area contributed by atoms with E-state index in [4.69, 9.17) is 0 Å².